The van der Waals surface area contributed by atoms with Crippen LogP contribution in [0.1, 0.15) is 19.1 Å². The minimum absolute atomic E-state index is 0.00299. The van der Waals surface area contributed by atoms with Crippen molar-refractivity contribution in [2.45, 2.75) is 30.7 Å². The average molecular weight is 309 g/mol. The Hall–Kier alpha value is -1.99. The highest BCUT2D eigenvalue weighted by Crippen LogP contribution is 2.21. The van der Waals surface area contributed by atoms with E-state index in [0.29, 0.717) is 11.4 Å². The number of anilines is 2. The molecule has 0 bridgehead atoms. The molecule has 2 rings (SSSR count). The maximum Gasteiger partial charge on any atom is 0.238 e. The van der Waals surface area contributed by atoms with Crippen molar-refractivity contribution in [3.8, 4) is 0 Å². The molecule has 5 N–H and O–H groups in total. The lowest BCUT2D eigenvalue weighted by Crippen LogP contribution is -2.17. The van der Waals surface area contributed by atoms with E-state index in [9.17, 15) is 8.42 Å². The van der Waals surface area contributed by atoms with Crippen LogP contribution in [0.15, 0.2) is 45.9 Å². The first-order chi connectivity index (χ1) is 9.84. The summed E-state index contributed by atoms with van der Waals surface area (Å²) >= 11 is 0. The second kappa shape index (κ2) is 6.19. The second-order valence-corrected chi connectivity index (χ2v) is 6.56. The molecule has 114 valence electrons. The number of furan rings is 1. The van der Waals surface area contributed by atoms with Gasteiger partial charge < -0.3 is 15.5 Å². The smallest absolute Gasteiger partial charge is 0.238 e. The predicted molar refractivity (Wildman–Crippen MR) is 82.3 cm³/mol. The third-order valence-electron chi connectivity index (χ3n) is 3.07. The lowest BCUT2D eigenvalue weighted by atomic mass is 10.1. The van der Waals surface area contributed by atoms with Crippen molar-refractivity contribution in [1.29, 1.82) is 0 Å². The number of primary sulfonamides is 1. The Labute approximate surface area is 124 Å². The van der Waals surface area contributed by atoms with Crippen LogP contribution in [0, 0.1) is 0 Å². The highest BCUT2D eigenvalue weighted by Gasteiger charge is 2.11. The SMILES string of the molecule is CC(CCc1ccco1)Nc1cc(N)cc(S(N)(=O)=O)c1. The largest absolute Gasteiger partial charge is 0.469 e. The number of sulfonamides is 1. The van der Waals surface area contributed by atoms with Crippen LogP contribution in [0.25, 0.3) is 0 Å². The Kier molecular flexibility index (Phi) is 4.54. The fraction of sp³-hybridized carbons (Fsp3) is 0.286. The van der Waals surface area contributed by atoms with E-state index in [0.717, 1.165) is 18.6 Å². The van der Waals surface area contributed by atoms with Crippen LogP contribution < -0.4 is 16.2 Å². The van der Waals surface area contributed by atoms with Crippen LogP contribution >= 0.6 is 0 Å². The van der Waals surface area contributed by atoms with E-state index in [-0.39, 0.29) is 10.9 Å². The van der Waals surface area contributed by atoms with Crippen molar-refractivity contribution >= 4 is 21.4 Å². The molecule has 1 unspecified atom stereocenters. The molecule has 6 nitrogen and oxygen atoms in total. The Balaban J connectivity index is 2.03. The summed E-state index contributed by atoms with van der Waals surface area (Å²) in [5.74, 6) is 0.918. The van der Waals surface area contributed by atoms with Crippen LogP contribution in [-0.2, 0) is 16.4 Å². The summed E-state index contributed by atoms with van der Waals surface area (Å²) in [7, 11) is -3.77. The molecule has 7 heteroatoms. The van der Waals surface area contributed by atoms with E-state index < -0.39 is 10.0 Å². The average Bonchev–Trinajstić information content (AvgIpc) is 2.87. The number of nitrogen functional groups attached to an aromatic ring is 1. The first kappa shape index (κ1) is 15.4. The molecule has 1 aromatic carbocycles. The van der Waals surface area contributed by atoms with Crippen LogP contribution in [0.5, 0.6) is 0 Å². The fourth-order valence-corrected chi connectivity index (χ4v) is 2.63. The molecule has 21 heavy (non-hydrogen) atoms. The summed E-state index contributed by atoms with van der Waals surface area (Å²) in [5, 5.41) is 8.34. The van der Waals surface area contributed by atoms with E-state index in [1.165, 1.54) is 12.1 Å². The zero-order chi connectivity index (χ0) is 15.5. The lowest BCUT2D eigenvalue weighted by molar-refractivity contribution is 0.495. The third kappa shape index (κ3) is 4.51. The van der Waals surface area contributed by atoms with Gasteiger partial charge in [0.2, 0.25) is 10.0 Å². The molecule has 0 radical (unpaired) electrons. The van der Waals surface area contributed by atoms with Crippen LogP contribution in [0.4, 0.5) is 11.4 Å². The van der Waals surface area contributed by atoms with Crippen LogP contribution in [0.2, 0.25) is 0 Å². The summed E-state index contributed by atoms with van der Waals surface area (Å²) in [5.41, 5.74) is 6.69. The first-order valence-corrected chi connectivity index (χ1v) is 8.11. The number of nitrogens with one attached hydrogen (secondary N) is 1. The molecule has 1 aromatic heterocycles. The standard InChI is InChI=1S/C14H19N3O3S/c1-10(4-5-13-3-2-6-20-13)17-12-7-11(15)8-14(9-12)21(16,18)19/h2-3,6-10,17H,4-5,15H2,1H3,(H2,16,18,19). The van der Waals surface area contributed by atoms with Gasteiger partial charge in [-0.2, -0.15) is 0 Å². The van der Waals surface area contributed by atoms with Crippen molar-refractivity contribution < 1.29 is 12.8 Å². The van der Waals surface area contributed by atoms with Crippen molar-refractivity contribution in [2.24, 2.45) is 5.14 Å². The Bertz CT molecular complexity index is 696. The molecule has 0 spiro atoms. The van der Waals surface area contributed by atoms with Gasteiger partial charge in [0.15, 0.2) is 0 Å². The number of benzene rings is 1. The Morgan fingerprint density at radius 2 is 2.10 bits per heavy atom. The molecular weight excluding hydrogens is 290 g/mol. The number of rotatable bonds is 6. The van der Waals surface area contributed by atoms with Crippen LogP contribution in [0.3, 0.4) is 0 Å². The summed E-state index contributed by atoms with van der Waals surface area (Å²) in [4.78, 5) is 0.00299. The maximum absolute atomic E-state index is 11.4. The lowest BCUT2D eigenvalue weighted by Gasteiger charge is -2.16. The number of nitrogens with two attached hydrogens (primary N) is 2. The molecule has 0 amide bonds. The van der Waals surface area contributed by atoms with Gasteiger partial charge in [0.1, 0.15) is 5.76 Å². The minimum atomic E-state index is -3.77. The van der Waals surface area contributed by atoms with Crippen LogP contribution in [-0.4, -0.2) is 14.5 Å². The number of aryl methyl sites for hydroxylation is 1. The summed E-state index contributed by atoms with van der Waals surface area (Å²) < 4.78 is 28.0. The zero-order valence-corrected chi connectivity index (χ0v) is 12.6. The molecule has 2 aromatic rings. The molecule has 1 heterocycles. The molecule has 0 fully saturated rings. The van der Waals surface area contributed by atoms with Gasteiger partial charge in [-0.1, -0.05) is 0 Å². The molecular formula is C14H19N3O3S. The zero-order valence-electron chi connectivity index (χ0n) is 11.7. The van der Waals surface area contributed by atoms with Gasteiger partial charge in [0, 0.05) is 23.8 Å². The summed E-state index contributed by atoms with van der Waals surface area (Å²) in [6, 6.07) is 8.40. The quantitative estimate of drug-likeness (QED) is 0.706. The molecule has 0 aliphatic rings. The van der Waals surface area contributed by atoms with Crippen molar-refractivity contribution in [1.82, 2.24) is 0 Å². The molecule has 0 saturated carbocycles. The highest BCUT2D eigenvalue weighted by molar-refractivity contribution is 7.89. The highest BCUT2D eigenvalue weighted by atomic mass is 32.2. The molecule has 0 saturated heterocycles. The van der Waals surface area contributed by atoms with E-state index in [1.807, 2.05) is 19.1 Å². The fourth-order valence-electron chi connectivity index (χ4n) is 2.04. The Morgan fingerprint density at radius 1 is 1.33 bits per heavy atom. The molecule has 0 aliphatic carbocycles. The third-order valence-corrected chi connectivity index (χ3v) is 3.97. The van der Waals surface area contributed by atoms with Gasteiger partial charge in [-0.05, 0) is 43.7 Å². The normalized spacial score (nSPS) is 13.0. The van der Waals surface area contributed by atoms with Gasteiger partial charge in [-0.3, -0.25) is 0 Å². The van der Waals surface area contributed by atoms with Gasteiger partial charge in [0.25, 0.3) is 0 Å². The van der Waals surface area contributed by atoms with E-state index >= 15 is 0 Å². The van der Waals surface area contributed by atoms with Crippen molar-refractivity contribution in [3.63, 3.8) is 0 Å². The van der Waals surface area contributed by atoms with Crippen molar-refractivity contribution in [2.75, 3.05) is 11.1 Å². The Morgan fingerprint density at radius 3 is 2.71 bits per heavy atom. The van der Waals surface area contributed by atoms with Crippen molar-refractivity contribution in [3.05, 3.63) is 42.4 Å². The monoisotopic (exact) mass is 309 g/mol. The number of hydrogen-bond acceptors (Lipinski definition) is 5. The van der Waals surface area contributed by atoms with E-state index in [1.54, 1.807) is 12.3 Å². The van der Waals surface area contributed by atoms with E-state index in [4.69, 9.17) is 15.3 Å². The topological polar surface area (TPSA) is 111 Å². The molecule has 0 aliphatic heterocycles. The van der Waals surface area contributed by atoms with Gasteiger partial charge in [0.05, 0.1) is 11.2 Å². The minimum Gasteiger partial charge on any atom is -0.469 e. The number of hydrogen-bond donors (Lipinski definition) is 3. The molecule has 1 atom stereocenters. The van der Waals surface area contributed by atoms with Gasteiger partial charge in [-0.15, -0.1) is 0 Å². The van der Waals surface area contributed by atoms with E-state index in [2.05, 4.69) is 5.32 Å². The second-order valence-electron chi connectivity index (χ2n) is 5.00. The summed E-state index contributed by atoms with van der Waals surface area (Å²) in [6.45, 7) is 2.00. The maximum atomic E-state index is 11.4. The van der Waals surface area contributed by atoms with Gasteiger partial charge >= 0.3 is 0 Å². The summed E-state index contributed by atoms with van der Waals surface area (Å²) in [6.07, 6.45) is 3.28. The van der Waals surface area contributed by atoms with Gasteiger partial charge in [-0.25, -0.2) is 13.6 Å². The predicted octanol–water partition coefficient (Wildman–Crippen LogP) is 1.94. The first-order valence-electron chi connectivity index (χ1n) is 6.57.